The third-order valence-electron chi connectivity index (χ3n) is 4.18. The van der Waals surface area contributed by atoms with Crippen molar-refractivity contribution in [1.82, 2.24) is 24.8 Å². The highest BCUT2D eigenvalue weighted by Gasteiger charge is 2.24. The maximum Gasteiger partial charge on any atom is 0.254 e. The Morgan fingerprint density at radius 2 is 1.72 bits per heavy atom. The molecule has 1 aliphatic rings. The van der Waals surface area contributed by atoms with Gasteiger partial charge in [0.1, 0.15) is 11.8 Å². The fourth-order valence-electron chi connectivity index (χ4n) is 2.97. The maximum atomic E-state index is 12.7. The molecule has 25 heavy (non-hydrogen) atoms. The molecule has 0 unspecified atom stereocenters. The second-order valence-electron chi connectivity index (χ2n) is 5.74. The molecule has 0 spiro atoms. The molecular weight excluding hydrogens is 363 g/mol. The van der Waals surface area contributed by atoms with Crippen molar-refractivity contribution in [2.45, 2.75) is 0 Å². The monoisotopic (exact) mass is 376 g/mol. The zero-order valence-corrected chi connectivity index (χ0v) is 14.6. The number of nitrogens with one attached hydrogen (secondary N) is 1. The molecule has 3 heterocycles. The number of carbonyl (C=O) groups excluding carboxylic acids is 1. The van der Waals surface area contributed by atoms with Crippen LogP contribution in [0.2, 0.25) is 10.0 Å². The van der Waals surface area contributed by atoms with Crippen molar-refractivity contribution in [1.29, 1.82) is 0 Å². The normalized spacial score (nSPS) is 15.0. The highest BCUT2D eigenvalue weighted by Crippen LogP contribution is 2.23. The zero-order valence-electron chi connectivity index (χ0n) is 13.1. The van der Waals surface area contributed by atoms with Gasteiger partial charge >= 0.3 is 0 Å². The van der Waals surface area contributed by atoms with E-state index in [2.05, 4.69) is 24.8 Å². The molecule has 9 heteroatoms. The quantitative estimate of drug-likeness (QED) is 0.743. The summed E-state index contributed by atoms with van der Waals surface area (Å²) in [5, 5.41) is 0.911. The van der Waals surface area contributed by atoms with Gasteiger partial charge in [-0.15, -0.1) is 0 Å². The molecule has 3 aromatic rings. The van der Waals surface area contributed by atoms with Crippen molar-refractivity contribution in [3.05, 3.63) is 46.5 Å². The van der Waals surface area contributed by atoms with Gasteiger partial charge in [0.05, 0.1) is 6.33 Å². The average molecular weight is 377 g/mol. The molecule has 0 aliphatic carbocycles. The number of imidazole rings is 1. The smallest absolute Gasteiger partial charge is 0.254 e. The molecule has 4 rings (SSSR count). The van der Waals surface area contributed by atoms with E-state index in [0.29, 0.717) is 47.4 Å². The van der Waals surface area contributed by atoms with Gasteiger partial charge in [-0.2, -0.15) is 0 Å². The molecule has 1 fully saturated rings. The fraction of sp³-hybridized carbons (Fsp3) is 0.250. The minimum atomic E-state index is -0.0709. The van der Waals surface area contributed by atoms with Gasteiger partial charge < -0.3 is 14.8 Å². The van der Waals surface area contributed by atoms with E-state index in [1.54, 1.807) is 29.4 Å². The summed E-state index contributed by atoms with van der Waals surface area (Å²) in [6, 6.07) is 4.89. The van der Waals surface area contributed by atoms with Gasteiger partial charge in [0.2, 0.25) is 0 Å². The minimum Gasteiger partial charge on any atom is -0.351 e. The number of hydrogen-bond donors (Lipinski definition) is 1. The first-order chi connectivity index (χ1) is 12.1. The number of benzene rings is 1. The summed E-state index contributed by atoms with van der Waals surface area (Å²) >= 11 is 12.0. The highest BCUT2D eigenvalue weighted by molar-refractivity contribution is 6.35. The number of piperazine rings is 1. The first kappa shape index (κ1) is 16.1. The third-order valence-corrected chi connectivity index (χ3v) is 4.62. The molecule has 128 valence electrons. The lowest BCUT2D eigenvalue weighted by Crippen LogP contribution is -2.49. The predicted molar refractivity (Wildman–Crippen MR) is 96.3 cm³/mol. The predicted octanol–water partition coefficient (Wildman–Crippen LogP) is 2.62. The van der Waals surface area contributed by atoms with Crippen LogP contribution < -0.4 is 4.90 Å². The van der Waals surface area contributed by atoms with Crippen LogP contribution in [0, 0.1) is 0 Å². The van der Waals surface area contributed by atoms with Crippen LogP contribution in [0.4, 0.5) is 5.82 Å². The van der Waals surface area contributed by atoms with Gasteiger partial charge in [0, 0.05) is 41.8 Å². The number of rotatable bonds is 2. The van der Waals surface area contributed by atoms with E-state index in [0.717, 1.165) is 11.3 Å². The number of anilines is 1. The van der Waals surface area contributed by atoms with Crippen molar-refractivity contribution in [3.8, 4) is 0 Å². The van der Waals surface area contributed by atoms with E-state index in [1.165, 1.54) is 6.33 Å². The molecule has 1 aliphatic heterocycles. The largest absolute Gasteiger partial charge is 0.351 e. The number of halogens is 2. The van der Waals surface area contributed by atoms with Crippen molar-refractivity contribution in [2.24, 2.45) is 0 Å². The van der Waals surface area contributed by atoms with Crippen molar-refractivity contribution < 1.29 is 4.79 Å². The molecule has 0 bridgehead atoms. The summed E-state index contributed by atoms with van der Waals surface area (Å²) in [5.74, 6) is 0.735. The summed E-state index contributed by atoms with van der Waals surface area (Å²) in [6.45, 7) is 2.52. The first-order valence-corrected chi connectivity index (χ1v) is 8.52. The summed E-state index contributed by atoms with van der Waals surface area (Å²) in [6.07, 6.45) is 3.11. The SMILES string of the molecule is O=C(c1cc(Cl)cc(Cl)c1)N1CCN(c2ncnc3nc[nH]c23)CC1. The Hall–Kier alpha value is -2.38. The van der Waals surface area contributed by atoms with Gasteiger partial charge in [-0.05, 0) is 18.2 Å². The number of fused-ring (bicyclic) bond motifs is 1. The second kappa shape index (κ2) is 6.50. The van der Waals surface area contributed by atoms with Crippen LogP contribution in [-0.4, -0.2) is 56.9 Å². The Balaban J connectivity index is 1.49. The van der Waals surface area contributed by atoms with Crippen LogP contribution in [0.25, 0.3) is 11.2 Å². The van der Waals surface area contributed by atoms with E-state index in [9.17, 15) is 4.79 Å². The molecule has 0 radical (unpaired) electrons. The molecule has 2 aromatic heterocycles. The van der Waals surface area contributed by atoms with Gasteiger partial charge in [-0.1, -0.05) is 23.2 Å². The lowest BCUT2D eigenvalue weighted by Gasteiger charge is -2.35. The number of H-pyrrole nitrogens is 1. The zero-order chi connectivity index (χ0) is 17.4. The summed E-state index contributed by atoms with van der Waals surface area (Å²) in [7, 11) is 0. The van der Waals surface area contributed by atoms with Crippen LogP contribution in [0.3, 0.4) is 0 Å². The first-order valence-electron chi connectivity index (χ1n) is 7.76. The molecule has 0 saturated carbocycles. The van der Waals surface area contributed by atoms with E-state index in [4.69, 9.17) is 23.2 Å². The van der Waals surface area contributed by atoms with Crippen LogP contribution in [0.1, 0.15) is 10.4 Å². The number of carbonyl (C=O) groups is 1. The topological polar surface area (TPSA) is 78.0 Å². The van der Waals surface area contributed by atoms with E-state index >= 15 is 0 Å². The van der Waals surface area contributed by atoms with Crippen LogP contribution in [-0.2, 0) is 0 Å². The summed E-state index contributed by atoms with van der Waals surface area (Å²) < 4.78 is 0. The van der Waals surface area contributed by atoms with Crippen molar-refractivity contribution in [2.75, 3.05) is 31.1 Å². The molecule has 1 aromatic carbocycles. The van der Waals surface area contributed by atoms with Crippen molar-refractivity contribution in [3.63, 3.8) is 0 Å². The molecule has 1 saturated heterocycles. The Labute approximate surface area is 153 Å². The molecule has 1 N–H and O–H groups in total. The third kappa shape index (κ3) is 3.12. The van der Waals surface area contributed by atoms with E-state index in [-0.39, 0.29) is 5.91 Å². The standard InChI is InChI=1S/C16H14Cl2N6O/c17-11-5-10(6-12(18)7-11)16(25)24-3-1-23(2-4-24)15-13-14(20-8-19-13)21-9-22-15/h5-9H,1-4H2,(H,19,20,21,22). The maximum absolute atomic E-state index is 12.7. The lowest BCUT2D eigenvalue weighted by atomic mass is 10.2. The van der Waals surface area contributed by atoms with Gasteiger partial charge in [0.25, 0.3) is 5.91 Å². The fourth-order valence-corrected chi connectivity index (χ4v) is 3.50. The average Bonchev–Trinajstić information content (AvgIpc) is 3.09. The number of amides is 1. The highest BCUT2D eigenvalue weighted by atomic mass is 35.5. The Morgan fingerprint density at radius 1 is 1.00 bits per heavy atom. The summed E-state index contributed by atoms with van der Waals surface area (Å²) in [5.41, 5.74) is 1.95. The van der Waals surface area contributed by atoms with E-state index in [1.807, 2.05) is 0 Å². The number of aromatic nitrogens is 4. The van der Waals surface area contributed by atoms with Crippen LogP contribution in [0.15, 0.2) is 30.9 Å². The number of hydrogen-bond acceptors (Lipinski definition) is 5. The lowest BCUT2D eigenvalue weighted by molar-refractivity contribution is 0.0746. The molecule has 0 atom stereocenters. The summed E-state index contributed by atoms with van der Waals surface area (Å²) in [4.78, 5) is 32.3. The van der Waals surface area contributed by atoms with Crippen LogP contribution >= 0.6 is 23.2 Å². The van der Waals surface area contributed by atoms with Gasteiger partial charge in [-0.25, -0.2) is 15.0 Å². The van der Waals surface area contributed by atoms with Gasteiger partial charge in [0.15, 0.2) is 11.5 Å². The molecule has 7 nitrogen and oxygen atoms in total. The Morgan fingerprint density at radius 3 is 2.44 bits per heavy atom. The van der Waals surface area contributed by atoms with Gasteiger partial charge in [-0.3, -0.25) is 4.79 Å². The second-order valence-corrected chi connectivity index (χ2v) is 6.61. The van der Waals surface area contributed by atoms with E-state index < -0.39 is 0 Å². The minimum absolute atomic E-state index is 0.0709. The number of aromatic amines is 1. The number of nitrogens with zero attached hydrogens (tertiary/aromatic N) is 5. The Kier molecular flexibility index (Phi) is 4.19. The Bertz CT molecular complexity index is 915. The molecule has 1 amide bonds. The van der Waals surface area contributed by atoms with Crippen LogP contribution in [0.5, 0.6) is 0 Å². The molecular formula is C16H14Cl2N6O. The van der Waals surface area contributed by atoms with Crippen molar-refractivity contribution >= 4 is 46.1 Å².